The number of hydrogen-bond donors (Lipinski definition) is 2. The Balaban J connectivity index is 2.33. The van der Waals surface area contributed by atoms with Crippen molar-refractivity contribution in [2.75, 3.05) is 19.7 Å². The van der Waals surface area contributed by atoms with Gasteiger partial charge in [0.05, 0.1) is 0 Å². The zero-order valence-electron chi connectivity index (χ0n) is 9.17. The third-order valence-electron chi connectivity index (χ3n) is 2.91. The van der Waals surface area contributed by atoms with Crippen molar-refractivity contribution in [2.45, 2.75) is 11.3 Å². The predicted octanol–water partition coefficient (Wildman–Crippen LogP) is -0.622. The molecule has 1 unspecified atom stereocenters. The molecule has 1 aromatic rings. The highest BCUT2D eigenvalue weighted by Gasteiger charge is 2.33. The highest BCUT2D eigenvalue weighted by molar-refractivity contribution is 7.89. The van der Waals surface area contributed by atoms with Gasteiger partial charge in [-0.2, -0.15) is 4.31 Å². The molecule has 1 fully saturated rings. The van der Waals surface area contributed by atoms with Gasteiger partial charge in [-0.15, -0.1) is 0 Å². The van der Waals surface area contributed by atoms with Gasteiger partial charge in [-0.05, 0) is 12.3 Å². The molecule has 0 spiro atoms. The number of hydrogen-bond acceptors (Lipinski definition) is 4. The Labute approximate surface area is 98.9 Å². The van der Waals surface area contributed by atoms with Gasteiger partial charge in [-0.3, -0.25) is 4.79 Å². The van der Waals surface area contributed by atoms with Crippen LogP contribution < -0.4 is 5.43 Å². The van der Waals surface area contributed by atoms with Crippen LogP contribution in [0.2, 0.25) is 0 Å². The second kappa shape index (κ2) is 4.59. The number of aliphatic hydroxyl groups is 1. The molecule has 2 rings (SSSR count). The lowest BCUT2D eigenvalue weighted by molar-refractivity contribution is 0.233. The number of pyridine rings is 1. The normalized spacial score (nSPS) is 21.8. The van der Waals surface area contributed by atoms with Gasteiger partial charge in [0.15, 0.2) is 0 Å². The number of nitrogens with one attached hydrogen (secondary N) is 1. The van der Waals surface area contributed by atoms with Gasteiger partial charge in [0.2, 0.25) is 15.5 Å². The zero-order chi connectivity index (χ0) is 12.5. The Morgan fingerprint density at radius 1 is 1.53 bits per heavy atom. The van der Waals surface area contributed by atoms with E-state index in [9.17, 15) is 13.2 Å². The summed E-state index contributed by atoms with van der Waals surface area (Å²) in [6.07, 6.45) is 3.21. The van der Waals surface area contributed by atoms with E-state index in [1.54, 1.807) is 0 Å². The Kier molecular flexibility index (Phi) is 3.32. The molecule has 0 aromatic carbocycles. The van der Waals surface area contributed by atoms with Crippen LogP contribution in [0.5, 0.6) is 0 Å². The second-order valence-electron chi connectivity index (χ2n) is 4.07. The van der Waals surface area contributed by atoms with Gasteiger partial charge >= 0.3 is 0 Å². The Morgan fingerprint density at radius 2 is 2.29 bits per heavy atom. The lowest BCUT2D eigenvalue weighted by Gasteiger charge is -2.15. The van der Waals surface area contributed by atoms with Gasteiger partial charge in [0.25, 0.3) is 0 Å². The number of H-pyrrole nitrogens is 1. The zero-order valence-corrected chi connectivity index (χ0v) is 9.98. The standard InChI is InChI=1S/C10H14N2O4S/c13-7-8-2-4-12(6-8)17(15,16)10-5-11-3-1-9(10)14/h1,3,5,8,13H,2,4,6-7H2,(H,11,14). The van der Waals surface area contributed by atoms with Gasteiger partial charge in [-0.25, -0.2) is 8.42 Å². The number of aliphatic hydroxyl groups excluding tert-OH is 1. The fourth-order valence-corrected chi connectivity index (χ4v) is 3.48. The molecule has 0 radical (unpaired) electrons. The molecule has 2 heterocycles. The Hall–Kier alpha value is -1.18. The van der Waals surface area contributed by atoms with E-state index in [2.05, 4.69) is 4.98 Å². The van der Waals surface area contributed by atoms with E-state index in [0.717, 1.165) is 0 Å². The van der Waals surface area contributed by atoms with E-state index in [1.165, 1.54) is 22.8 Å². The molecule has 0 saturated carbocycles. The van der Waals surface area contributed by atoms with Crippen LogP contribution in [0.4, 0.5) is 0 Å². The molecular formula is C10H14N2O4S. The summed E-state index contributed by atoms with van der Waals surface area (Å²) in [5, 5.41) is 8.99. The van der Waals surface area contributed by atoms with Gasteiger partial charge in [-0.1, -0.05) is 0 Å². The molecule has 94 valence electrons. The largest absolute Gasteiger partial charge is 0.396 e. The summed E-state index contributed by atoms with van der Waals surface area (Å²) < 4.78 is 25.5. The van der Waals surface area contributed by atoms with E-state index in [4.69, 9.17) is 5.11 Å². The molecular weight excluding hydrogens is 244 g/mol. The molecule has 1 aliphatic rings. The van der Waals surface area contributed by atoms with Crippen molar-refractivity contribution in [3.8, 4) is 0 Å². The lowest BCUT2D eigenvalue weighted by Crippen LogP contribution is -2.32. The molecule has 1 aromatic heterocycles. The fourth-order valence-electron chi connectivity index (χ4n) is 1.91. The smallest absolute Gasteiger partial charge is 0.248 e. The summed E-state index contributed by atoms with van der Waals surface area (Å²) in [4.78, 5) is 13.9. The molecule has 1 aliphatic heterocycles. The van der Waals surface area contributed by atoms with E-state index >= 15 is 0 Å². The van der Waals surface area contributed by atoms with Crippen LogP contribution in [-0.4, -0.2) is 42.5 Å². The third-order valence-corrected chi connectivity index (χ3v) is 4.80. The molecule has 1 atom stereocenters. The van der Waals surface area contributed by atoms with Crippen molar-refractivity contribution in [3.05, 3.63) is 28.7 Å². The van der Waals surface area contributed by atoms with E-state index in [-0.39, 0.29) is 24.0 Å². The van der Waals surface area contributed by atoms with E-state index in [0.29, 0.717) is 13.0 Å². The third kappa shape index (κ3) is 2.26. The van der Waals surface area contributed by atoms with Crippen LogP contribution in [-0.2, 0) is 10.0 Å². The number of aromatic amines is 1. The molecule has 1 saturated heterocycles. The maximum atomic E-state index is 12.1. The summed E-state index contributed by atoms with van der Waals surface area (Å²) in [6, 6.07) is 1.19. The highest BCUT2D eigenvalue weighted by atomic mass is 32.2. The van der Waals surface area contributed by atoms with Crippen LogP contribution >= 0.6 is 0 Å². The first-order valence-corrected chi connectivity index (χ1v) is 6.78. The van der Waals surface area contributed by atoms with Crippen molar-refractivity contribution >= 4 is 10.0 Å². The maximum Gasteiger partial charge on any atom is 0.248 e. The number of aromatic nitrogens is 1. The van der Waals surface area contributed by atoms with Crippen molar-refractivity contribution in [3.63, 3.8) is 0 Å². The molecule has 17 heavy (non-hydrogen) atoms. The highest BCUT2D eigenvalue weighted by Crippen LogP contribution is 2.21. The molecule has 7 heteroatoms. The van der Waals surface area contributed by atoms with Crippen molar-refractivity contribution in [1.82, 2.24) is 9.29 Å². The maximum absolute atomic E-state index is 12.1. The van der Waals surface area contributed by atoms with Gasteiger partial charge in [0, 0.05) is 38.2 Å². The first kappa shape index (κ1) is 12.3. The monoisotopic (exact) mass is 258 g/mol. The number of rotatable bonds is 3. The van der Waals surface area contributed by atoms with Crippen molar-refractivity contribution in [2.24, 2.45) is 5.92 Å². The van der Waals surface area contributed by atoms with Crippen LogP contribution in [0.15, 0.2) is 28.2 Å². The first-order chi connectivity index (χ1) is 8.05. The quantitative estimate of drug-likeness (QED) is 0.756. The topological polar surface area (TPSA) is 90.5 Å². The number of nitrogens with zero attached hydrogens (tertiary/aromatic N) is 1. The Morgan fingerprint density at radius 3 is 2.88 bits per heavy atom. The molecule has 2 N–H and O–H groups in total. The summed E-state index contributed by atoms with van der Waals surface area (Å²) in [5.74, 6) is -0.0347. The Bertz CT molecular complexity index is 551. The van der Waals surface area contributed by atoms with Crippen LogP contribution in [0.3, 0.4) is 0 Å². The van der Waals surface area contributed by atoms with Crippen LogP contribution in [0, 0.1) is 5.92 Å². The lowest BCUT2D eigenvalue weighted by atomic mass is 10.1. The minimum Gasteiger partial charge on any atom is -0.396 e. The van der Waals surface area contributed by atoms with Crippen molar-refractivity contribution in [1.29, 1.82) is 0 Å². The average Bonchev–Trinajstić information content (AvgIpc) is 2.78. The molecule has 6 nitrogen and oxygen atoms in total. The summed E-state index contributed by atoms with van der Waals surface area (Å²) in [6.45, 7) is 0.590. The first-order valence-electron chi connectivity index (χ1n) is 5.34. The van der Waals surface area contributed by atoms with Gasteiger partial charge in [0.1, 0.15) is 4.90 Å². The molecule has 0 amide bonds. The summed E-state index contributed by atoms with van der Waals surface area (Å²) in [7, 11) is -3.73. The number of sulfonamides is 1. The molecule has 0 aliphatic carbocycles. The SMILES string of the molecule is O=c1cc[nH]cc1S(=O)(=O)N1CCC(CO)C1. The predicted molar refractivity (Wildman–Crippen MR) is 61.0 cm³/mol. The minimum absolute atomic E-state index is 0.0306. The van der Waals surface area contributed by atoms with Gasteiger partial charge < -0.3 is 10.1 Å². The van der Waals surface area contributed by atoms with Crippen LogP contribution in [0.25, 0.3) is 0 Å². The van der Waals surface area contributed by atoms with Crippen molar-refractivity contribution < 1.29 is 13.5 Å². The second-order valence-corrected chi connectivity index (χ2v) is 5.98. The summed E-state index contributed by atoms with van der Waals surface area (Å²) in [5.41, 5.74) is -0.517. The fraction of sp³-hybridized carbons (Fsp3) is 0.500. The average molecular weight is 258 g/mol. The van der Waals surface area contributed by atoms with Crippen LogP contribution in [0.1, 0.15) is 6.42 Å². The van der Waals surface area contributed by atoms with E-state index in [1.807, 2.05) is 0 Å². The van der Waals surface area contributed by atoms with E-state index < -0.39 is 15.5 Å². The summed E-state index contributed by atoms with van der Waals surface area (Å²) >= 11 is 0. The molecule has 0 bridgehead atoms. The minimum atomic E-state index is -3.73.